The van der Waals surface area contributed by atoms with E-state index in [-0.39, 0.29) is 0 Å². The normalized spacial score (nSPS) is 19.1. The Labute approximate surface area is 175 Å². The zero-order chi connectivity index (χ0) is 19.9. The third-order valence-corrected chi connectivity index (χ3v) is 6.33. The van der Waals surface area contributed by atoms with Gasteiger partial charge in [-0.2, -0.15) is 0 Å². The minimum Gasteiger partial charge on any atom is -0.343 e. The first-order valence-electron chi connectivity index (χ1n) is 11.2. The van der Waals surface area contributed by atoms with Gasteiger partial charge >= 0.3 is 0 Å². The molecule has 2 aliphatic heterocycles. The number of nitrogens with zero attached hydrogens (tertiary/aromatic N) is 3. The van der Waals surface area contributed by atoms with Gasteiger partial charge in [0.1, 0.15) is 0 Å². The third-order valence-electron chi connectivity index (χ3n) is 6.33. The van der Waals surface area contributed by atoms with Gasteiger partial charge < -0.3 is 9.80 Å². The summed E-state index contributed by atoms with van der Waals surface area (Å²) in [7, 11) is 0. The zero-order valence-electron chi connectivity index (χ0n) is 17.4. The smallest absolute Gasteiger partial charge is 0.222 e. The number of hydrogen-bond acceptors (Lipinski definition) is 3. The predicted molar refractivity (Wildman–Crippen MR) is 118 cm³/mol. The summed E-state index contributed by atoms with van der Waals surface area (Å²) >= 11 is 0. The lowest BCUT2D eigenvalue weighted by molar-refractivity contribution is -0.133. The number of piperazine rings is 1. The van der Waals surface area contributed by atoms with Crippen LogP contribution in [0.1, 0.15) is 42.9 Å². The Kier molecular flexibility index (Phi) is 6.96. The Hall–Kier alpha value is -2.17. The molecule has 29 heavy (non-hydrogen) atoms. The number of amides is 1. The topological polar surface area (TPSA) is 26.8 Å². The van der Waals surface area contributed by atoms with Crippen molar-refractivity contribution in [3.05, 3.63) is 71.8 Å². The molecular formula is C25H33N3O. The van der Waals surface area contributed by atoms with Gasteiger partial charge in [0.15, 0.2) is 0 Å². The second-order valence-corrected chi connectivity index (χ2v) is 8.29. The van der Waals surface area contributed by atoms with Crippen molar-refractivity contribution in [1.29, 1.82) is 0 Å². The monoisotopic (exact) mass is 391 g/mol. The van der Waals surface area contributed by atoms with Crippen molar-refractivity contribution >= 4 is 5.91 Å². The number of benzene rings is 2. The molecule has 0 N–H and O–H groups in total. The maximum atomic E-state index is 12.0. The summed E-state index contributed by atoms with van der Waals surface area (Å²) in [6.45, 7) is 7.35. The molecule has 4 rings (SSSR count). The lowest BCUT2D eigenvalue weighted by Gasteiger charge is -2.40. The Morgan fingerprint density at radius 1 is 0.724 bits per heavy atom. The maximum Gasteiger partial charge on any atom is 0.222 e. The molecule has 0 radical (unpaired) electrons. The molecule has 0 unspecified atom stereocenters. The Bertz CT molecular complexity index is 717. The molecule has 4 nitrogen and oxygen atoms in total. The fourth-order valence-electron chi connectivity index (χ4n) is 4.71. The van der Waals surface area contributed by atoms with E-state index < -0.39 is 0 Å². The van der Waals surface area contributed by atoms with Crippen LogP contribution < -0.4 is 0 Å². The SMILES string of the molecule is O=C1CCCCN1CCCN1CCN(C(c2ccccc2)c2ccccc2)CC1. The van der Waals surface area contributed by atoms with Crippen molar-refractivity contribution in [3.63, 3.8) is 0 Å². The molecule has 0 bridgehead atoms. The Morgan fingerprint density at radius 2 is 1.34 bits per heavy atom. The predicted octanol–water partition coefficient (Wildman–Crippen LogP) is 3.80. The van der Waals surface area contributed by atoms with E-state index in [2.05, 4.69) is 75.4 Å². The molecule has 2 aromatic rings. The third kappa shape index (κ3) is 5.26. The number of likely N-dealkylation sites (tertiary alicyclic amines) is 1. The number of rotatable bonds is 7. The minimum absolute atomic E-state index is 0.325. The van der Waals surface area contributed by atoms with Gasteiger partial charge in [-0.1, -0.05) is 60.7 Å². The van der Waals surface area contributed by atoms with E-state index in [0.717, 1.165) is 65.1 Å². The summed E-state index contributed by atoms with van der Waals surface area (Å²) in [5, 5.41) is 0. The van der Waals surface area contributed by atoms with Gasteiger partial charge in [-0.25, -0.2) is 0 Å². The minimum atomic E-state index is 0.325. The van der Waals surface area contributed by atoms with E-state index >= 15 is 0 Å². The quantitative estimate of drug-likeness (QED) is 0.718. The van der Waals surface area contributed by atoms with E-state index in [1.54, 1.807) is 0 Å². The number of hydrogen-bond donors (Lipinski definition) is 0. The molecule has 4 heteroatoms. The molecule has 0 aliphatic carbocycles. The highest BCUT2D eigenvalue weighted by Gasteiger charge is 2.26. The molecule has 2 aliphatic rings. The molecule has 0 atom stereocenters. The van der Waals surface area contributed by atoms with E-state index in [1.807, 2.05) is 0 Å². The van der Waals surface area contributed by atoms with Crippen LogP contribution in [0.2, 0.25) is 0 Å². The van der Waals surface area contributed by atoms with E-state index in [1.165, 1.54) is 17.5 Å². The van der Waals surface area contributed by atoms with Crippen LogP contribution in [0, 0.1) is 0 Å². The average Bonchev–Trinajstić information content (AvgIpc) is 2.78. The van der Waals surface area contributed by atoms with Crippen LogP contribution in [0.25, 0.3) is 0 Å². The fourth-order valence-corrected chi connectivity index (χ4v) is 4.71. The molecule has 154 valence electrons. The standard InChI is InChI=1S/C25H33N3O/c29-24-14-7-8-16-27(24)17-9-15-26-18-20-28(21-19-26)25(22-10-3-1-4-11-22)23-12-5-2-6-13-23/h1-6,10-13,25H,7-9,14-21H2. The van der Waals surface area contributed by atoms with Crippen molar-refractivity contribution in [2.75, 3.05) is 45.8 Å². The first kappa shape index (κ1) is 20.1. The van der Waals surface area contributed by atoms with Crippen molar-refractivity contribution in [1.82, 2.24) is 14.7 Å². The maximum absolute atomic E-state index is 12.0. The van der Waals surface area contributed by atoms with E-state index in [9.17, 15) is 4.79 Å². The second-order valence-electron chi connectivity index (χ2n) is 8.29. The van der Waals surface area contributed by atoms with Gasteiger partial charge in [0, 0.05) is 45.7 Å². The zero-order valence-corrected chi connectivity index (χ0v) is 17.4. The van der Waals surface area contributed by atoms with Gasteiger partial charge in [0.05, 0.1) is 6.04 Å². The highest BCUT2D eigenvalue weighted by molar-refractivity contribution is 5.76. The first-order chi connectivity index (χ1) is 14.3. The lowest BCUT2D eigenvalue weighted by atomic mass is 9.96. The molecule has 0 aromatic heterocycles. The fraction of sp³-hybridized carbons (Fsp3) is 0.480. The van der Waals surface area contributed by atoms with Crippen molar-refractivity contribution in [2.24, 2.45) is 0 Å². The summed E-state index contributed by atoms with van der Waals surface area (Å²) in [6.07, 6.45) is 4.08. The largest absolute Gasteiger partial charge is 0.343 e. The summed E-state index contributed by atoms with van der Waals surface area (Å²) in [5.41, 5.74) is 2.74. The van der Waals surface area contributed by atoms with Gasteiger partial charge in [-0.3, -0.25) is 9.69 Å². The van der Waals surface area contributed by atoms with Crippen LogP contribution >= 0.6 is 0 Å². The highest BCUT2D eigenvalue weighted by atomic mass is 16.2. The van der Waals surface area contributed by atoms with Gasteiger partial charge in [0.2, 0.25) is 5.91 Å². The van der Waals surface area contributed by atoms with E-state index in [4.69, 9.17) is 0 Å². The highest BCUT2D eigenvalue weighted by Crippen LogP contribution is 2.29. The van der Waals surface area contributed by atoms with Crippen LogP contribution in [0.15, 0.2) is 60.7 Å². The van der Waals surface area contributed by atoms with Crippen LogP contribution in [-0.2, 0) is 4.79 Å². The molecule has 2 aromatic carbocycles. The number of piperidine rings is 1. The number of carbonyl (C=O) groups is 1. The molecule has 2 heterocycles. The summed E-state index contributed by atoms with van der Waals surface area (Å²) < 4.78 is 0. The van der Waals surface area contributed by atoms with Gasteiger partial charge in [-0.15, -0.1) is 0 Å². The van der Waals surface area contributed by atoms with Gasteiger partial charge in [-0.05, 0) is 36.9 Å². The lowest BCUT2D eigenvalue weighted by Crippen LogP contribution is -2.48. The van der Waals surface area contributed by atoms with Crippen LogP contribution in [0.5, 0.6) is 0 Å². The van der Waals surface area contributed by atoms with Crippen molar-refractivity contribution < 1.29 is 4.79 Å². The molecular weight excluding hydrogens is 358 g/mol. The Balaban J connectivity index is 1.32. The van der Waals surface area contributed by atoms with Crippen molar-refractivity contribution in [3.8, 4) is 0 Å². The number of carbonyl (C=O) groups excluding carboxylic acids is 1. The molecule has 0 spiro atoms. The molecule has 0 saturated carbocycles. The summed E-state index contributed by atoms with van der Waals surface area (Å²) in [6, 6.07) is 22.1. The van der Waals surface area contributed by atoms with Crippen molar-refractivity contribution in [2.45, 2.75) is 31.7 Å². The first-order valence-corrected chi connectivity index (χ1v) is 11.2. The average molecular weight is 392 g/mol. The van der Waals surface area contributed by atoms with Gasteiger partial charge in [0.25, 0.3) is 0 Å². The Morgan fingerprint density at radius 3 is 1.93 bits per heavy atom. The van der Waals surface area contributed by atoms with E-state index in [0.29, 0.717) is 11.9 Å². The van der Waals surface area contributed by atoms with Crippen LogP contribution in [-0.4, -0.2) is 66.4 Å². The second kappa shape index (κ2) is 10.0. The molecule has 2 fully saturated rings. The summed E-state index contributed by atoms with van der Waals surface area (Å²) in [5.74, 6) is 0.356. The van der Waals surface area contributed by atoms with Crippen LogP contribution in [0.4, 0.5) is 0 Å². The molecule has 2 saturated heterocycles. The van der Waals surface area contributed by atoms with Crippen LogP contribution in [0.3, 0.4) is 0 Å². The summed E-state index contributed by atoms with van der Waals surface area (Å²) in [4.78, 5) is 19.2. The molecule has 1 amide bonds.